The molecule has 3 amide bonds. The smallest absolute Gasteiger partial charge is 0.262 e. The molecule has 2 heterocycles. The summed E-state index contributed by atoms with van der Waals surface area (Å²) < 4.78 is 0. The predicted molar refractivity (Wildman–Crippen MR) is 128 cm³/mol. The number of fused-ring (bicyclic) bond motifs is 2. The van der Waals surface area contributed by atoms with Crippen LogP contribution in [0.3, 0.4) is 0 Å². The van der Waals surface area contributed by atoms with Crippen LogP contribution in [0.25, 0.3) is 0 Å². The predicted octanol–water partition coefficient (Wildman–Crippen LogP) is 5.46. The molecule has 1 aliphatic heterocycles. The monoisotopic (exact) mass is 463 g/mol. The Balaban J connectivity index is 1.54. The molecule has 0 bridgehead atoms. The molecule has 1 aromatic carbocycles. The second-order valence-electron chi connectivity index (χ2n) is 8.84. The van der Waals surface area contributed by atoms with Crippen molar-refractivity contribution < 1.29 is 14.4 Å². The summed E-state index contributed by atoms with van der Waals surface area (Å²) in [7, 11) is 0. The largest absolute Gasteiger partial charge is 0.315 e. The summed E-state index contributed by atoms with van der Waals surface area (Å²) in [4.78, 5) is 40.8. The molecule has 0 spiro atoms. The molecule has 1 atom stereocenters. The van der Waals surface area contributed by atoms with E-state index in [1.165, 1.54) is 48.3 Å². The molecule has 0 fully saturated rings. The number of amides is 3. The number of hydrogen-bond acceptors (Lipinski definition) is 5. The van der Waals surface area contributed by atoms with Crippen LogP contribution in [-0.4, -0.2) is 28.7 Å². The molecule has 1 aromatic heterocycles. The molecule has 0 saturated heterocycles. The van der Waals surface area contributed by atoms with Crippen molar-refractivity contribution in [3.63, 3.8) is 0 Å². The third-order valence-corrected chi connectivity index (χ3v) is 7.82. The molecule has 172 valence electrons. The van der Waals surface area contributed by atoms with Gasteiger partial charge in [0, 0.05) is 4.88 Å². The number of imide groups is 1. The van der Waals surface area contributed by atoms with Gasteiger partial charge in [-0.15, -0.1) is 11.3 Å². The van der Waals surface area contributed by atoms with Crippen LogP contribution >= 0.6 is 11.3 Å². The van der Waals surface area contributed by atoms with Crippen molar-refractivity contribution in [3.05, 3.63) is 51.4 Å². The minimum absolute atomic E-state index is 0.318. The Kier molecular flexibility index (Phi) is 7.24. The number of thiophene rings is 1. The number of aryl methyl sites for hydroxylation is 1. The topological polar surface area (TPSA) is 90.3 Å². The second kappa shape index (κ2) is 10.3. The van der Waals surface area contributed by atoms with Gasteiger partial charge in [0.15, 0.2) is 0 Å². The Morgan fingerprint density at radius 3 is 2.09 bits per heavy atom. The average Bonchev–Trinajstić information content (AvgIpc) is 3.26. The van der Waals surface area contributed by atoms with E-state index in [0.29, 0.717) is 21.7 Å². The molecule has 33 heavy (non-hydrogen) atoms. The fourth-order valence-corrected chi connectivity index (χ4v) is 5.97. The van der Waals surface area contributed by atoms with Gasteiger partial charge in [0.05, 0.1) is 16.7 Å². The number of benzene rings is 1. The van der Waals surface area contributed by atoms with Crippen LogP contribution in [0.4, 0.5) is 5.00 Å². The van der Waals surface area contributed by atoms with E-state index in [9.17, 15) is 19.6 Å². The number of hydrogen-bond donors (Lipinski definition) is 1. The van der Waals surface area contributed by atoms with Crippen molar-refractivity contribution >= 4 is 34.1 Å². The van der Waals surface area contributed by atoms with Gasteiger partial charge in [0.25, 0.3) is 11.8 Å². The van der Waals surface area contributed by atoms with Crippen molar-refractivity contribution in [2.45, 2.75) is 77.2 Å². The molecule has 7 heteroatoms. The fourth-order valence-electron chi connectivity index (χ4n) is 4.73. The Hall–Kier alpha value is -2.98. The van der Waals surface area contributed by atoms with Crippen LogP contribution in [0.2, 0.25) is 0 Å². The molecule has 1 N–H and O–H groups in total. The first-order valence-corrected chi connectivity index (χ1v) is 12.7. The highest BCUT2D eigenvalue weighted by Gasteiger charge is 2.40. The quantitative estimate of drug-likeness (QED) is 0.612. The van der Waals surface area contributed by atoms with Crippen molar-refractivity contribution in [3.8, 4) is 6.07 Å². The zero-order valence-corrected chi connectivity index (χ0v) is 19.8. The van der Waals surface area contributed by atoms with Crippen LogP contribution < -0.4 is 5.32 Å². The van der Waals surface area contributed by atoms with Gasteiger partial charge < -0.3 is 5.32 Å². The lowest BCUT2D eigenvalue weighted by Crippen LogP contribution is -2.45. The van der Waals surface area contributed by atoms with Crippen LogP contribution in [0.15, 0.2) is 24.3 Å². The highest BCUT2D eigenvalue weighted by atomic mass is 32.1. The van der Waals surface area contributed by atoms with Gasteiger partial charge in [-0.2, -0.15) is 5.26 Å². The lowest BCUT2D eigenvalue weighted by Gasteiger charge is -2.21. The summed E-state index contributed by atoms with van der Waals surface area (Å²) in [5.74, 6) is -1.38. The molecule has 2 aromatic rings. The first kappa shape index (κ1) is 23.2. The summed E-state index contributed by atoms with van der Waals surface area (Å²) in [5.41, 5.74) is 2.23. The number of carbonyl (C=O) groups excluding carboxylic acids is 3. The van der Waals surface area contributed by atoms with Crippen molar-refractivity contribution in [1.82, 2.24) is 4.90 Å². The lowest BCUT2D eigenvalue weighted by molar-refractivity contribution is -0.119. The first-order valence-electron chi connectivity index (χ1n) is 11.9. The Labute approximate surface area is 198 Å². The summed E-state index contributed by atoms with van der Waals surface area (Å²) in [6.07, 6.45) is 11.2. The third-order valence-electron chi connectivity index (χ3n) is 6.61. The van der Waals surface area contributed by atoms with Crippen LogP contribution in [0, 0.1) is 11.3 Å². The van der Waals surface area contributed by atoms with E-state index in [-0.39, 0.29) is 0 Å². The zero-order valence-electron chi connectivity index (χ0n) is 19.0. The van der Waals surface area contributed by atoms with Gasteiger partial charge in [-0.1, -0.05) is 50.7 Å². The van der Waals surface area contributed by atoms with Crippen molar-refractivity contribution in [2.75, 3.05) is 5.32 Å². The van der Waals surface area contributed by atoms with Crippen LogP contribution in [0.5, 0.6) is 0 Å². The highest BCUT2D eigenvalue weighted by molar-refractivity contribution is 7.16. The molecule has 0 radical (unpaired) electrons. The minimum Gasteiger partial charge on any atom is -0.315 e. The standard InChI is InChI=1S/C26H29N3O3S/c1-17(29-25(31)19-13-10-11-14-20(19)26(29)32)23(30)28-24-21(16-27)18-12-8-6-4-2-3-5-7-9-15-22(18)33-24/h10-11,13-14,17H,2-9,12,15H2,1H3,(H,28,30). The fraction of sp³-hybridized carbons (Fsp3) is 0.462. The molecular weight excluding hydrogens is 434 g/mol. The summed E-state index contributed by atoms with van der Waals surface area (Å²) >= 11 is 1.47. The van der Waals surface area contributed by atoms with Gasteiger partial charge in [0.2, 0.25) is 5.91 Å². The van der Waals surface area contributed by atoms with Gasteiger partial charge in [-0.05, 0) is 50.3 Å². The second-order valence-corrected chi connectivity index (χ2v) is 9.94. The van der Waals surface area contributed by atoms with Gasteiger partial charge in [0.1, 0.15) is 17.1 Å². The summed E-state index contributed by atoms with van der Waals surface area (Å²) in [6.45, 7) is 1.55. The average molecular weight is 464 g/mol. The molecule has 0 saturated carbocycles. The summed E-state index contributed by atoms with van der Waals surface area (Å²) in [5, 5.41) is 13.3. The minimum atomic E-state index is -0.980. The number of nitriles is 1. The number of nitrogens with zero attached hydrogens (tertiary/aromatic N) is 2. The number of nitrogens with one attached hydrogen (secondary N) is 1. The normalized spacial score (nSPS) is 17.9. The van der Waals surface area contributed by atoms with E-state index in [1.54, 1.807) is 31.2 Å². The van der Waals surface area contributed by atoms with E-state index >= 15 is 0 Å². The molecule has 1 aliphatic carbocycles. The molecule has 1 unspecified atom stereocenters. The van der Waals surface area contributed by atoms with Gasteiger partial charge >= 0.3 is 0 Å². The Bertz CT molecular complexity index is 1080. The summed E-state index contributed by atoms with van der Waals surface area (Å²) in [6, 6.07) is 7.93. The van der Waals surface area contributed by atoms with Gasteiger partial charge in [-0.3, -0.25) is 19.3 Å². The van der Waals surface area contributed by atoms with E-state index in [4.69, 9.17) is 0 Å². The maximum atomic E-state index is 13.1. The number of carbonyl (C=O) groups is 3. The lowest BCUT2D eigenvalue weighted by atomic mass is 9.98. The molecule has 2 aliphatic rings. The van der Waals surface area contributed by atoms with E-state index in [2.05, 4.69) is 11.4 Å². The van der Waals surface area contributed by atoms with Crippen molar-refractivity contribution in [2.24, 2.45) is 0 Å². The molecule has 4 rings (SSSR count). The van der Waals surface area contributed by atoms with Crippen LogP contribution in [-0.2, 0) is 17.6 Å². The van der Waals surface area contributed by atoms with E-state index in [0.717, 1.165) is 42.6 Å². The highest BCUT2D eigenvalue weighted by Crippen LogP contribution is 2.36. The number of rotatable bonds is 3. The van der Waals surface area contributed by atoms with Gasteiger partial charge in [-0.25, -0.2) is 0 Å². The van der Waals surface area contributed by atoms with Crippen LogP contribution in [0.1, 0.15) is 95.0 Å². The SMILES string of the molecule is CC(C(=O)Nc1sc2c(c1C#N)CCCCCCCCCC2)N1C(=O)c2ccccc2C1=O. The Morgan fingerprint density at radius 2 is 1.52 bits per heavy atom. The Morgan fingerprint density at radius 1 is 0.970 bits per heavy atom. The maximum Gasteiger partial charge on any atom is 0.262 e. The van der Waals surface area contributed by atoms with E-state index in [1.807, 2.05) is 0 Å². The third kappa shape index (κ3) is 4.72. The molecule has 6 nitrogen and oxygen atoms in total. The first-order chi connectivity index (χ1) is 16.0. The molecular formula is C26H29N3O3S. The van der Waals surface area contributed by atoms with Crippen molar-refractivity contribution in [1.29, 1.82) is 5.26 Å². The number of anilines is 1. The maximum absolute atomic E-state index is 13.1. The van der Waals surface area contributed by atoms with E-state index < -0.39 is 23.8 Å². The zero-order chi connectivity index (χ0) is 23.4.